The van der Waals surface area contributed by atoms with Crippen molar-refractivity contribution in [1.82, 2.24) is 0 Å². The van der Waals surface area contributed by atoms with Gasteiger partial charge in [0.2, 0.25) is 0 Å². The predicted octanol–water partition coefficient (Wildman–Crippen LogP) is 0.0343. The van der Waals surface area contributed by atoms with Crippen LogP contribution in [0, 0.1) is 0 Å². The average molecular weight is 156 g/mol. The molecule has 0 spiro atoms. The Labute approximate surface area is 68.6 Å². The van der Waals surface area contributed by atoms with E-state index in [1.54, 1.807) is 11.8 Å². The molecule has 0 aromatic carbocycles. The Hall–Kier alpha value is -0.370. The van der Waals surface area contributed by atoms with E-state index >= 15 is 0 Å². The standard InChI is InChI=1S/C9H17NO/c1-9(11)5-8-10-6-3-2-4-7-10/h2-8H2,1H3/p+1. The predicted molar refractivity (Wildman–Crippen MR) is 44.7 cm³/mol. The number of nitrogens with one attached hydrogen (secondary N) is 1. The molecule has 2 nitrogen and oxygen atoms in total. The number of quaternary nitrogens is 1. The highest BCUT2D eigenvalue weighted by atomic mass is 16.1. The van der Waals surface area contributed by atoms with Gasteiger partial charge in [-0.1, -0.05) is 0 Å². The van der Waals surface area contributed by atoms with Crippen molar-refractivity contribution in [3.05, 3.63) is 0 Å². The second kappa shape index (κ2) is 4.50. The van der Waals surface area contributed by atoms with Gasteiger partial charge >= 0.3 is 0 Å². The third kappa shape index (κ3) is 3.51. The molecule has 0 atom stereocenters. The molecule has 1 aliphatic rings. The molecule has 0 unspecified atom stereocenters. The fraction of sp³-hybridized carbons (Fsp3) is 0.889. The molecule has 0 aliphatic carbocycles. The molecule has 0 aromatic rings. The van der Waals surface area contributed by atoms with Gasteiger partial charge in [0, 0.05) is 0 Å². The summed E-state index contributed by atoms with van der Waals surface area (Å²) in [4.78, 5) is 12.3. The van der Waals surface area contributed by atoms with Gasteiger partial charge in [-0.15, -0.1) is 0 Å². The minimum atomic E-state index is 0.336. The van der Waals surface area contributed by atoms with Gasteiger partial charge in [0.15, 0.2) is 0 Å². The highest BCUT2D eigenvalue weighted by Gasteiger charge is 2.12. The van der Waals surface area contributed by atoms with Crippen molar-refractivity contribution in [2.24, 2.45) is 0 Å². The first-order chi connectivity index (χ1) is 5.29. The van der Waals surface area contributed by atoms with Crippen LogP contribution in [0.5, 0.6) is 0 Å². The van der Waals surface area contributed by atoms with Gasteiger partial charge in [-0.25, -0.2) is 0 Å². The quantitative estimate of drug-likeness (QED) is 0.612. The van der Waals surface area contributed by atoms with Gasteiger partial charge in [-0.05, 0) is 26.2 Å². The lowest BCUT2D eigenvalue weighted by Gasteiger charge is -2.22. The first-order valence-corrected chi connectivity index (χ1v) is 4.62. The molecule has 0 saturated carbocycles. The van der Waals surface area contributed by atoms with Crippen LogP contribution in [0.1, 0.15) is 32.6 Å². The number of likely N-dealkylation sites (tertiary alicyclic amines) is 1. The van der Waals surface area contributed by atoms with Crippen LogP contribution in [-0.4, -0.2) is 25.4 Å². The largest absolute Gasteiger partial charge is 0.335 e. The Bertz CT molecular complexity index is 128. The van der Waals surface area contributed by atoms with Crippen molar-refractivity contribution in [3.63, 3.8) is 0 Å². The minimum absolute atomic E-state index is 0.336. The Morgan fingerprint density at radius 2 is 1.91 bits per heavy atom. The molecule has 0 amide bonds. The first-order valence-electron chi connectivity index (χ1n) is 4.62. The molecule has 1 aliphatic heterocycles. The number of hydrogen-bond acceptors (Lipinski definition) is 1. The minimum Gasteiger partial charge on any atom is -0.335 e. The van der Waals surface area contributed by atoms with Gasteiger partial charge in [0.05, 0.1) is 26.1 Å². The van der Waals surface area contributed by atoms with Crippen LogP contribution >= 0.6 is 0 Å². The zero-order valence-electron chi connectivity index (χ0n) is 7.36. The van der Waals surface area contributed by atoms with Crippen molar-refractivity contribution in [1.29, 1.82) is 0 Å². The Morgan fingerprint density at radius 1 is 1.27 bits per heavy atom. The van der Waals surface area contributed by atoms with Crippen LogP contribution in [0.15, 0.2) is 0 Å². The van der Waals surface area contributed by atoms with Gasteiger partial charge in [-0.3, -0.25) is 4.79 Å². The summed E-state index contributed by atoms with van der Waals surface area (Å²) in [5.74, 6) is 0.336. The smallest absolute Gasteiger partial charge is 0.135 e. The second-order valence-corrected chi connectivity index (χ2v) is 3.51. The summed E-state index contributed by atoms with van der Waals surface area (Å²) in [6.07, 6.45) is 4.87. The van der Waals surface area contributed by atoms with Gasteiger partial charge in [0.1, 0.15) is 5.78 Å². The van der Waals surface area contributed by atoms with E-state index in [1.165, 1.54) is 32.4 Å². The van der Waals surface area contributed by atoms with Crippen molar-refractivity contribution in [2.45, 2.75) is 32.6 Å². The molecule has 1 fully saturated rings. The maximum Gasteiger partial charge on any atom is 0.135 e. The molecule has 1 heterocycles. The Balaban J connectivity index is 2.09. The number of ketones is 1. The normalized spacial score (nSPS) is 20.1. The summed E-state index contributed by atoms with van der Waals surface area (Å²) in [5.41, 5.74) is 0. The molecule has 0 aromatic heterocycles. The molecule has 0 bridgehead atoms. The summed E-state index contributed by atoms with van der Waals surface area (Å²) in [7, 11) is 0. The van der Waals surface area contributed by atoms with E-state index in [-0.39, 0.29) is 0 Å². The number of hydrogen-bond donors (Lipinski definition) is 1. The van der Waals surface area contributed by atoms with E-state index in [4.69, 9.17) is 0 Å². The number of Topliss-reactive ketones (excluding diaryl/α,β-unsaturated/α-hetero) is 1. The van der Waals surface area contributed by atoms with Crippen molar-refractivity contribution in [2.75, 3.05) is 19.6 Å². The number of piperidine rings is 1. The molecule has 1 N–H and O–H groups in total. The lowest BCUT2D eigenvalue weighted by Crippen LogP contribution is -3.12. The van der Waals surface area contributed by atoms with Crippen LogP contribution in [0.4, 0.5) is 0 Å². The summed E-state index contributed by atoms with van der Waals surface area (Å²) in [6, 6.07) is 0. The van der Waals surface area contributed by atoms with E-state index < -0.39 is 0 Å². The van der Waals surface area contributed by atoms with E-state index in [0.717, 1.165) is 13.0 Å². The zero-order valence-corrected chi connectivity index (χ0v) is 7.36. The topological polar surface area (TPSA) is 21.5 Å². The van der Waals surface area contributed by atoms with Crippen molar-refractivity contribution < 1.29 is 9.69 Å². The SMILES string of the molecule is CC(=O)CC[NH+]1CCCCC1. The average Bonchev–Trinajstić information content (AvgIpc) is 2.03. The van der Waals surface area contributed by atoms with Crippen LogP contribution in [0.3, 0.4) is 0 Å². The number of carbonyl (C=O) groups is 1. The van der Waals surface area contributed by atoms with E-state index in [9.17, 15) is 4.79 Å². The Morgan fingerprint density at radius 3 is 2.45 bits per heavy atom. The maximum absolute atomic E-state index is 10.7. The third-order valence-corrected chi connectivity index (χ3v) is 2.39. The van der Waals surface area contributed by atoms with Crippen molar-refractivity contribution >= 4 is 5.78 Å². The van der Waals surface area contributed by atoms with Crippen LogP contribution in [0.2, 0.25) is 0 Å². The number of rotatable bonds is 3. The van der Waals surface area contributed by atoms with E-state index in [1.807, 2.05) is 0 Å². The third-order valence-electron chi connectivity index (χ3n) is 2.39. The highest BCUT2D eigenvalue weighted by Crippen LogP contribution is 1.94. The summed E-state index contributed by atoms with van der Waals surface area (Å²) < 4.78 is 0. The second-order valence-electron chi connectivity index (χ2n) is 3.51. The fourth-order valence-corrected chi connectivity index (χ4v) is 1.65. The molecular weight excluding hydrogens is 138 g/mol. The van der Waals surface area contributed by atoms with Crippen LogP contribution in [0.25, 0.3) is 0 Å². The van der Waals surface area contributed by atoms with Gasteiger partial charge < -0.3 is 4.90 Å². The molecule has 64 valence electrons. The molecule has 1 saturated heterocycles. The molecular formula is C9H18NO+. The maximum atomic E-state index is 10.7. The summed E-state index contributed by atoms with van der Waals surface area (Å²) in [5, 5.41) is 0. The van der Waals surface area contributed by atoms with Gasteiger partial charge in [-0.2, -0.15) is 0 Å². The van der Waals surface area contributed by atoms with Crippen LogP contribution < -0.4 is 4.90 Å². The first kappa shape index (κ1) is 8.72. The number of carbonyl (C=O) groups excluding carboxylic acids is 1. The van der Waals surface area contributed by atoms with E-state index in [2.05, 4.69) is 0 Å². The molecule has 2 heteroatoms. The molecule has 11 heavy (non-hydrogen) atoms. The highest BCUT2D eigenvalue weighted by molar-refractivity contribution is 5.75. The van der Waals surface area contributed by atoms with E-state index in [0.29, 0.717) is 5.78 Å². The van der Waals surface area contributed by atoms with Crippen molar-refractivity contribution in [3.8, 4) is 0 Å². The van der Waals surface area contributed by atoms with Crippen LogP contribution in [-0.2, 0) is 4.79 Å². The molecule has 0 radical (unpaired) electrons. The monoisotopic (exact) mass is 156 g/mol. The van der Waals surface area contributed by atoms with Gasteiger partial charge in [0.25, 0.3) is 0 Å². The Kier molecular flexibility index (Phi) is 3.57. The zero-order chi connectivity index (χ0) is 8.10. The molecule has 1 rings (SSSR count). The lowest BCUT2D eigenvalue weighted by atomic mass is 10.1. The summed E-state index contributed by atoms with van der Waals surface area (Å²) in [6.45, 7) is 5.32. The fourth-order valence-electron chi connectivity index (χ4n) is 1.65. The lowest BCUT2D eigenvalue weighted by molar-refractivity contribution is -0.904. The summed E-state index contributed by atoms with van der Waals surface area (Å²) >= 11 is 0.